The molecule has 3 amide bonds. The zero-order valence-electron chi connectivity index (χ0n) is 35.3. The molecular weight excluding hydrogens is 753 g/mol. The number of benzene rings is 2. The van der Waals surface area contributed by atoms with Crippen LogP contribution < -0.4 is 37.3 Å². The molecule has 1 spiro atoms. The van der Waals surface area contributed by atoms with Crippen LogP contribution >= 0.6 is 0 Å². The first kappa shape index (κ1) is 45.6. The van der Waals surface area contributed by atoms with Gasteiger partial charge in [0.25, 0.3) is 12.6 Å². The van der Waals surface area contributed by atoms with E-state index in [0.717, 1.165) is 38.7 Å². The molecule has 59 heavy (non-hydrogen) atoms. The van der Waals surface area contributed by atoms with Crippen molar-refractivity contribution in [2.45, 2.75) is 79.3 Å². The Kier molecular flexibility index (Phi) is 16.3. The Morgan fingerprint density at radius 1 is 1.05 bits per heavy atom. The summed E-state index contributed by atoms with van der Waals surface area (Å²) in [6, 6.07) is 7.86. The van der Waals surface area contributed by atoms with Crippen molar-refractivity contribution in [2.75, 3.05) is 62.9 Å². The first-order valence-corrected chi connectivity index (χ1v) is 20.2. The molecule has 8 N–H and O–H groups in total. The minimum atomic E-state index is -0.644. The number of methoxy groups -OCH3 is 1. The zero-order chi connectivity index (χ0) is 43.3. The highest BCUT2D eigenvalue weighted by molar-refractivity contribution is 6.67. The molecule has 4 heterocycles. The predicted molar refractivity (Wildman–Crippen MR) is 231 cm³/mol. The Hall–Kier alpha value is -6.06. The van der Waals surface area contributed by atoms with Crippen LogP contribution in [0.2, 0.25) is 12.6 Å². The maximum atomic E-state index is 13.4. The van der Waals surface area contributed by atoms with E-state index < -0.39 is 17.7 Å². The Morgan fingerprint density at radius 3 is 2.41 bits per heavy atom. The Balaban J connectivity index is 0.00000186. The topological polar surface area (TPSA) is 244 Å². The van der Waals surface area contributed by atoms with Gasteiger partial charge in [-0.2, -0.15) is 5.10 Å². The number of ether oxygens (including phenoxy) is 3. The average molecular weight is 812 g/mol. The van der Waals surface area contributed by atoms with E-state index in [0.29, 0.717) is 71.6 Å². The molecule has 2 aliphatic rings. The molecule has 0 bridgehead atoms. The number of carbonyl (C=O) groups is 3. The van der Waals surface area contributed by atoms with Gasteiger partial charge in [-0.1, -0.05) is 39.8 Å². The number of aryl methyl sites for hydroxylation is 2. The number of fused-ring (bicyclic) bond motifs is 1. The maximum absolute atomic E-state index is 13.4. The second-order valence-electron chi connectivity index (χ2n) is 13.8. The molecule has 2 saturated heterocycles. The predicted octanol–water partition coefficient (Wildman–Crippen LogP) is 4.73. The molecule has 2 aliphatic heterocycles. The minimum Gasteiger partial charge on any atom is -0.494 e. The summed E-state index contributed by atoms with van der Waals surface area (Å²) in [5.41, 5.74) is 20.6. The molecule has 4 aromatic rings. The molecule has 0 saturated carbocycles. The normalized spacial score (nSPS) is 14.4. The van der Waals surface area contributed by atoms with Crippen LogP contribution in [0.25, 0.3) is 11.0 Å². The Bertz CT molecular complexity index is 2170. The number of aromatic nitrogens is 4. The fourth-order valence-corrected chi connectivity index (χ4v) is 7.20. The van der Waals surface area contributed by atoms with Gasteiger partial charge in [0, 0.05) is 63.0 Å². The number of hydrogen-bond acceptors (Lipinski definition) is 12. The van der Waals surface area contributed by atoms with Crippen LogP contribution in [0.1, 0.15) is 77.9 Å². The Labute approximate surface area is 346 Å². The first-order chi connectivity index (χ1) is 28.4. The van der Waals surface area contributed by atoms with Gasteiger partial charge in [0.15, 0.2) is 0 Å². The number of primary amides is 2. The standard InChI is InChI=1S/C37H46BN11O6.2C2H6/c1-4-49-28(14-23(2)46-49)35(52)45-36-44-27-16-25(34(42)51)18-30(53-3)32(27)48(36)11-6-5-9-43-31-26(40)15-24(33(41)50)17-29(31)54-12-7-10-47-20-37(21-47)19-38(22-39)8-13-55-37;2*1-2/h5-6,14-18,43H,4,7-13,19-21,40H2,1-3H3,(H2,41,50)(H2,42,51)(H,44,45,52);2*1-2H3/b6-5+;;. The van der Waals surface area contributed by atoms with Crippen LogP contribution in [0.5, 0.6) is 11.5 Å². The first-order valence-electron chi connectivity index (χ1n) is 20.2. The third-order valence-electron chi connectivity index (χ3n) is 9.81. The fourth-order valence-electron chi connectivity index (χ4n) is 7.20. The molecule has 17 nitrogen and oxygen atoms in total. The number of allylic oxidation sites excluding steroid dienone is 1. The van der Waals surface area contributed by atoms with Gasteiger partial charge in [-0.25, -0.2) is 10.2 Å². The minimum absolute atomic E-state index is 0.0486. The number of nitrogens with one attached hydrogen (secondary N) is 2. The van der Waals surface area contributed by atoms with Crippen LogP contribution in [-0.4, -0.2) is 101 Å². The van der Waals surface area contributed by atoms with Gasteiger partial charge >= 0.3 is 0 Å². The number of amides is 3. The number of carbonyl (C=O) groups excluding carboxylic acids is 3. The number of anilines is 3. The fraction of sp³-hybridized carbons (Fsp3) is 0.463. The number of imidazole rings is 1. The van der Waals surface area contributed by atoms with E-state index in [4.69, 9.17) is 31.4 Å². The molecule has 0 unspecified atom stereocenters. The molecule has 0 atom stereocenters. The van der Waals surface area contributed by atoms with Crippen molar-refractivity contribution in [1.29, 1.82) is 5.26 Å². The molecule has 2 aromatic heterocycles. The van der Waals surface area contributed by atoms with Crippen molar-refractivity contribution in [2.24, 2.45) is 11.5 Å². The van der Waals surface area contributed by atoms with E-state index in [-0.39, 0.29) is 35.9 Å². The van der Waals surface area contributed by atoms with Crippen LogP contribution in [0, 0.1) is 18.2 Å². The number of nitriles is 1. The van der Waals surface area contributed by atoms with Gasteiger partial charge in [-0.3, -0.25) is 29.3 Å². The van der Waals surface area contributed by atoms with E-state index in [9.17, 15) is 19.6 Å². The SMILES string of the molecule is CC.CC.CCn1nc(C)cc1C(=O)Nc1nc2cc(C(N)=O)cc(OC)c2n1C/C=C/CNc1c(N)cc(C(N)=O)cc1OCCCN1CC2(CB(C#N)CCO2)C1. The van der Waals surface area contributed by atoms with E-state index >= 15 is 0 Å². The number of nitrogen functional groups attached to an aromatic ring is 1. The van der Waals surface area contributed by atoms with Gasteiger partial charge in [-0.05, 0) is 63.2 Å². The lowest BCUT2D eigenvalue weighted by atomic mass is 9.42. The van der Waals surface area contributed by atoms with Crippen LogP contribution in [-0.2, 0) is 17.8 Å². The molecule has 18 heteroatoms. The van der Waals surface area contributed by atoms with E-state index in [1.807, 2.05) is 53.7 Å². The number of hydrogen-bond donors (Lipinski definition) is 5. The van der Waals surface area contributed by atoms with Gasteiger partial charge in [-0.15, -0.1) is 0 Å². The largest absolute Gasteiger partial charge is 0.494 e. The van der Waals surface area contributed by atoms with Gasteiger partial charge in [0.1, 0.15) is 28.4 Å². The van der Waals surface area contributed by atoms with Crippen molar-refractivity contribution >= 4 is 52.8 Å². The second kappa shape index (κ2) is 21.1. The summed E-state index contributed by atoms with van der Waals surface area (Å²) in [7, 11) is 1.48. The Morgan fingerprint density at radius 2 is 1.75 bits per heavy atom. The maximum Gasteiger partial charge on any atom is 0.276 e. The number of nitrogens with two attached hydrogens (primary N) is 3. The lowest BCUT2D eigenvalue weighted by Gasteiger charge is -2.52. The monoisotopic (exact) mass is 811 g/mol. The zero-order valence-corrected chi connectivity index (χ0v) is 35.3. The summed E-state index contributed by atoms with van der Waals surface area (Å²) >= 11 is 0. The smallest absolute Gasteiger partial charge is 0.276 e. The molecule has 316 valence electrons. The van der Waals surface area contributed by atoms with Crippen LogP contribution in [0.15, 0.2) is 42.5 Å². The van der Waals surface area contributed by atoms with Crippen molar-refractivity contribution < 1.29 is 28.6 Å². The van der Waals surface area contributed by atoms with Crippen LogP contribution in [0.3, 0.4) is 0 Å². The van der Waals surface area contributed by atoms with Gasteiger partial charge in [0.05, 0.1) is 36.2 Å². The molecule has 2 aromatic carbocycles. The second-order valence-corrected chi connectivity index (χ2v) is 13.8. The third kappa shape index (κ3) is 10.9. The summed E-state index contributed by atoms with van der Waals surface area (Å²) in [6.45, 7) is 16.2. The highest BCUT2D eigenvalue weighted by Crippen LogP contribution is 2.36. The van der Waals surface area contributed by atoms with Crippen molar-refractivity contribution in [3.05, 3.63) is 65.0 Å². The van der Waals surface area contributed by atoms with E-state index in [1.54, 1.807) is 27.4 Å². The molecule has 2 fully saturated rings. The summed E-state index contributed by atoms with van der Waals surface area (Å²) in [4.78, 5) is 44.5. The molecule has 6 rings (SSSR count). The molecular formula is C41H58BN11O6. The third-order valence-corrected chi connectivity index (χ3v) is 9.81. The summed E-state index contributed by atoms with van der Waals surface area (Å²) in [5, 5.41) is 19.9. The van der Waals surface area contributed by atoms with E-state index in [1.165, 1.54) is 19.2 Å². The van der Waals surface area contributed by atoms with Crippen molar-refractivity contribution in [1.82, 2.24) is 24.2 Å². The van der Waals surface area contributed by atoms with E-state index in [2.05, 4.69) is 31.6 Å². The van der Waals surface area contributed by atoms with Crippen molar-refractivity contribution in [3.8, 4) is 17.5 Å². The molecule has 0 aliphatic carbocycles. The lowest BCUT2D eigenvalue weighted by molar-refractivity contribution is -0.134. The molecule has 0 radical (unpaired) electrons. The number of rotatable bonds is 16. The highest BCUT2D eigenvalue weighted by atomic mass is 16.5. The van der Waals surface area contributed by atoms with Crippen molar-refractivity contribution in [3.63, 3.8) is 0 Å². The van der Waals surface area contributed by atoms with Gasteiger partial charge in [0.2, 0.25) is 17.8 Å². The summed E-state index contributed by atoms with van der Waals surface area (Å²) < 4.78 is 21.2. The highest BCUT2D eigenvalue weighted by Gasteiger charge is 2.48. The number of nitrogens with zero attached hydrogens (tertiary/aromatic N) is 6. The summed E-state index contributed by atoms with van der Waals surface area (Å²) in [6.07, 6.45) is 6.02. The lowest BCUT2D eigenvalue weighted by Crippen LogP contribution is -2.65. The quantitative estimate of drug-likeness (QED) is 0.0446. The van der Waals surface area contributed by atoms with Gasteiger partial charge < -0.3 is 41.3 Å². The average Bonchev–Trinajstić information content (AvgIpc) is 3.79. The number of likely N-dealkylation sites (tertiary alicyclic amines) is 1. The summed E-state index contributed by atoms with van der Waals surface area (Å²) in [5.74, 6) is 1.70. The van der Waals surface area contributed by atoms with Crippen LogP contribution in [0.4, 0.5) is 17.3 Å².